The van der Waals surface area contributed by atoms with Gasteiger partial charge in [-0.3, -0.25) is 10.1 Å². The zero-order valence-corrected chi connectivity index (χ0v) is 17.9. The first kappa shape index (κ1) is 20.6. The molecule has 0 unspecified atom stereocenters. The van der Waals surface area contributed by atoms with Gasteiger partial charge in [0.25, 0.3) is 11.6 Å². The number of hydrogen-bond donors (Lipinski definition) is 0. The Kier molecular flexibility index (Phi) is 5.39. The van der Waals surface area contributed by atoms with Crippen molar-refractivity contribution in [1.29, 1.82) is 0 Å². The summed E-state index contributed by atoms with van der Waals surface area (Å²) in [5.74, 6) is 1.76. The van der Waals surface area contributed by atoms with E-state index in [1.165, 1.54) is 12.3 Å². The molecular formula is C23H21N5O5. The summed E-state index contributed by atoms with van der Waals surface area (Å²) in [5.41, 5.74) is 2.16. The number of nitrogens with zero attached hydrogens (tertiary/aromatic N) is 5. The van der Waals surface area contributed by atoms with Crippen molar-refractivity contribution in [1.82, 2.24) is 10.1 Å². The van der Waals surface area contributed by atoms with E-state index in [0.29, 0.717) is 30.1 Å². The van der Waals surface area contributed by atoms with Gasteiger partial charge in [0, 0.05) is 43.5 Å². The lowest BCUT2D eigenvalue weighted by atomic mass is 10.1. The van der Waals surface area contributed by atoms with E-state index in [0.717, 1.165) is 24.5 Å². The van der Waals surface area contributed by atoms with E-state index in [-0.39, 0.29) is 22.3 Å². The topological polar surface area (TPSA) is 111 Å². The molecule has 1 aliphatic rings. The molecule has 10 heteroatoms. The zero-order chi connectivity index (χ0) is 22.8. The summed E-state index contributed by atoms with van der Waals surface area (Å²) < 4.78 is 15.8. The highest BCUT2D eigenvalue weighted by atomic mass is 16.6. The predicted octanol–water partition coefficient (Wildman–Crippen LogP) is 4.24. The van der Waals surface area contributed by atoms with Gasteiger partial charge in [-0.15, -0.1) is 0 Å². The first-order valence-corrected chi connectivity index (χ1v) is 10.4. The van der Waals surface area contributed by atoms with E-state index in [9.17, 15) is 10.1 Å². The summed E-state index contributed by atoms with van der Waals surface area (Å²) in [4.78, 5) is 20.1. The normalized spacial score (nSPS) is 13.8. The Labute approximate surface area is 189 Å². The molecule has 1 fully saturated rings. The van der Waals surface area contributed by atoms with Crippen LogP contribution in [-0.4, -0.2) is 48.4 Å². The summed E-state index contributed by atoms with van der Waals surface area (Å²) in [6, 6.07) is 16.3. The minimum absolute atomic E-state index is 0.00291. The van der Waals surface area contributed by atoms with Crippen molar-refractivity contribution in [2.75, 3.05) is 43.1 Å². The van der Waals surface area contributed by atoms with Gasteiger partial charge in [-0.2, -0.15) is 4.98 Å². The van der Waals surface area contributed by atoms with Crippen molar-refractivity contribution < 1.29 is 18.6 Å². The van der Waals surface area contributed by atoms with E-state index >= 15 is 0 Å². The summed E-state index contributed by atoms with van der Waals surface area (Å²) in [6.45, 7) is 2.83. The quantitative estimate of drug-likeness (QED) is 0.316. The standard InChI is InChI=1S/C23H21N5O5/c1-31-18-7-5-17(6-8-18)26-10-12-27(13-11-26)19-9-4-16(15-20(19)28(29)30)23-24-22(25-33-23)21-3-2-14-32-21/h2-9,14-15H,10-13H2,1H3. The van der Waals surface area contributed by atoms with Crippen LogP contribution in [0.5, 0.6) is 5.75 Å². The highest BCUT2D eigenvalue weighted by Crippen LogP contribution is 2.34. The molecule has 2 aromatic heterocycles. The van der Waals surface area contributed by atoms with Gasteiger partial charge in [0.2, 0.25) is 5.82 Å². The first-order chi connectivity index (χ1) is 16.1. The second kappa shape index (κ2) is 8.65. The molecule has 0 spiro atoms. The van der Waals surface area contributed by atoms with Gasteiger partial charge in [-0.25, -0.2) is 0 Å². The molecule has 0 N–H and O–H groups in total. The summed E-state index contributed by atoms with van der Waals surface area (Å²) >= 11 is 0. The van der Waals surface area contributed by atoms with Crippen molar-refractivity contribution in [3.8, 4) is 28.8 Å². The van der Waals surface area contributed by atoms with Gasteiger partial charge < -0.3 is 23.5 Å². The zero-order valence-electron chi connectivity index (χ0n) is 17.9. The van der Waals surface area contributed by atoms with E-state index in [1.807, 2.05) is 29.2 Å². The molecule has 0 aliphatic carbocycles. The minimum Gasteiger partial charge on any atom is -0.497 e. The van der Waals surface area contributed by atoms with Gasteiger partial charge >= 0.3 is 0 Å². The molecule has 0 radical (unpaired) electrons. The lowest BCUT2D eigenvalue weighted by Crippen LogP contribution is -2.46. The van der Waals surface area contributed by atoms with Crippen LogP contribution >= 0.6 is 0 Å². The van der Waals surface area contributed by atoms with Crippen LogP contribution in [0.3, 0.4) is 0 Å². The Hall–Kier alpha value is -4.34. The lowest BCUT2D eigenvalue weighted by molar-refractivity contribution is -0.384. The molecule has 1 aliphatic heterocycles. The molecule has 0 saturated carbocycles. The van der Waals surface area contributed by atoms with E-state index in [1.54, 1.807) is 31.4 Å². The van der Waals surface area contributed by atoms with Gasteiger partial charge in [-0.05, 0) is 48.5 Å². The number of rotatable bonds is 6. The first-order valence-electron chi connectivity index (χ1n) is 10.4. The molecular weight excluding hydrogens is 426 g/mol. The maximum absolute atomic E-state index is 11.9. The number of piperazine rings is 1. The number of nitro benzene ring substituents is 1. The number of furan rings is 1. The van der Waals surface area contributed by atoms with Crippen LogP contribution in [0.2, 0.25) is 0 Å². The summed E-state index contributed by atoms with van der Waals surface area (Å²) in [7, 11) is 1.64. The Morgan fingerprint density at radius 2 is 1.79 bits per heavy atom. The van der Waals surface area contributed by atoms with E-state index in [4.69, 9.17) is 13.7 Å². The Morgan fingerprint density at radius 3 is 2.45 bits per heavy atom. The second-order valence-corrected chi connectivity index (χ2v) is 7.53. The van der Waals surface area contributed by atoms with Crippen molar-refractivity contribution in [3.05, 3.63) is 71.0 Å². The van der Waals surface area contributed by atoms with Gasteiger partial charge in [0.15, 0.2) is 5.76 Å². The number of aromatic nitrogens is 2. The number of nitro groups is 1. The number of anilines is 2. The van der Waals surface area contributed by atoms with Crippen LogP contribution in [0, 0.1) is 10.1 Å². The average Bonchev–Trinajstić information content (AvgIpc) is 3.56. The Morgan fingerprint density at radius 1 is 1.03 bits per heavy atom. The van der Waals surface area contributed by atoms with E-state index in [2.05, 4.69) is 15.0 Å². The monoisotopic (exact) mass is 447 g/mol. The van der Waals surface area contributed by atoms with Crippen molar-refractivity contribution >= 4 is 17.1 Å². The van der Waals surface area contributed by atoms with Gasteiger partial charge in [-0.1, -0.05) is 5.16 Å². The van der Waals surface area contributed by atoms with Crippen LogP contribution in [0.4, 0.5) is 17.1 Å². The fourth-order valence-electron chi connectivity index (χ4n) is 3.92. The minimum atomic E-state index is -0.376. The number of ether oxygens (including phenoxy) is 1. The lowest BCUT2D eigenvalue weighted by Gasteiger charge is -2.37. The Balaban J connectivity index is 1.34. The Bertz CT molecular complexity index is 1240. The van der Waals surface area contributed by atoms with Crippen LogP contribution in [0.1, 0.15) is 0 Å². The molecule has 5 rings (SSSR count). The smallest absolute Gasteiger partial charge is 0.293 e. The second-order valence-electron chi connectivity index (χ2n) is 7.53. The molecule has 1 saturated heterocycles. The molecule has 10 nitrogen and oxygen atoms in total. The predicted molar refractivity (Wildman–Crippen MR) is 122 cm³/mol. The maximum atomic E-state index is 11.9. The summed E-state index contributed by atoms with van der Waals surface area (Å²) in [6.07, 6.45) is 1.51. The average molecular weight is 447 g/mol. The maximum Gasteiger partial charge on any atom is 0.293 e. The molecule has 4 aromatic rings. The highest BCUT2D eigenvalue weighted by molar-refractivity contribution is 5.71. The number of hydrogen-bond acceptors (Lipinski definition) is 9. The van der Waals surface area contributed by atoms with Crippen LogP contribution in [-0.2, 0) is 0 Å². The third kappa shape index (κ3) is 4.10. The molecule has 3 heterocycles. The fraction of sp³-hybridized carbons (Fsp3) is 0.217. The van der Waals surface area contributed by atoms with Crippen LogP contribution in [0.25, 0.3) is 23.0 Å². The highest BCUT2D eigenvalue weighted by Gasteiger charge is 2.25. The molecule has 33 heavy (non-hydrogen) atoms. The van der Waals surface area contributed by atoms with Crippen molar-refractivity contribution in [2.24, 2.45) is 0 Å². The van der Waals surface area contributed by atoms with Gasteiger partial charge in [0.05, 0.1) is 18.3 Å². The SMILES string of the molecule is COc1ccc(N2CCN(c3ccc(-c4nc(-c5ccco5)no4)cc3[N+](=O)[O-])CC2)cc1. The van der Waals surface area contributed by atoms with Crippen LogP contribution < -0.4 is 14.5 Å². The molecule has 168 valence electrons. The third-order valence-corrected chi connectivity index (χ3v) is 5.64. The van der Waals surface area contributed by atoms with Crippen molar-refractivity contribution in [2.45, 2.75) is 0 Å². The molecule has 0 amide bonds. The fourth-order valence-corrected chi connectivity index (χ4v) is 3.92. The summed E-state index contributed by atoms with van der Waals surface area (Å²) in [5, 5.41) is 15.8. The van der Waals surface area contributed by atoms with E-state index < -0.39 is 0 Å². The molecule has 0 atom stereocenters. The molecule has 0 bridgehead atoms. The third-order valence-electron chi connectivity index (χ3n) is 5.64. The van der Waals surface area contributed by atoms with Crippen LogP contribution in [0.15, 0.2) is 69.8 Å². The molecule has 2 aromatic carbocycles. The van der Waals surface area contributed by atoms with Crippen molar-refractivity contribution in [3.63, 3.8) is 0 Å². The largest absolute Gasteiger partial charge is 0.497 e. The van der Waals surface area contributed by atoms with Gasteiger partial charge in [0.1, 0.15) is 11.4 Å². The number of benzene rings is 2. The number of methoxy groups -OCH3 is 1.